The lowest BCUT2D eigenvalue weighted by Crippen LogP contribution is -2.68. The number of anilines is 1. The van der Waals surface area contributed by atoms with E-state index in [1.165, 1.54) is 11.3 Å². The number of aromatic nitrogens is 2. The number of nitrogens with zero attached hydrogens (tertiary/aromatic N) is 3. The predicted molar refractivity (Wildman–Crippen MR) is 119 cm³/mol. The van der Waals surface area contributed by atoms with Crippen LogP contribution in [0.3, 0.4) is 0 Å². The Morgan fingerprint density at radius 3 is 2.59 bits per heavy atom. The van der Waals surface area contributed by atoms with Gasteiger partial charge in [0, 0.05) is 35.8 Å². The third-order valence-corrected chi connectivity index (χ3v) is 8.56. The normalized spacial score (nSPS) is 29.4. The maximum atomic E-state index is 13.5. The van der Waals surface area contributed by atoms with Gasteiger partial charge in [-0.05, 0) is 36.4 Å². The molecule has 4 aliphatic rings. The van der Waals surface area contributed by atoms with Gasteiger partial charge in [-0.3, -0.25) is 5.32 Å². The second-order valence-corrected chi connectivity index (χ2v) is 10.3. The van der Waals surface area contributed by atoms with Gasteiger partial charge in [0.15, 0.2) is 17.5 Å². The quantitative estimate of drug-likeness (QED) is 0.528. The summed E-state index contributed by atoms with van der Waals surface area (Å²) in [5, 5.41) is 24.2. The molecule has 2 bridgehead atoms. The van der Waals surface area contributed by atoms with Gasteiger partial charge in [-0.15, -0.1) is 16.4 Å². The molecule has 8 nitrogen and oxygen atoms in total. The standard InChI is InChI=1S/C23H28N4O4S/c28-21(23(30,17-5-1-2-6-17)19-7-4-14-32-19)31-18-15-27(12-9-16(18)10-13-27)22(29)25-20-8-3-11-24-26-20/h3-4,7-8,11,14,16-18,30H,1-2,5-6,9-10,12-13,15H2/p+1. The molecule has 2 N–H and O–H groups in total. The van der Waals surface area contributed by atoms with Crippen molar-refractivity contribution in [2.75, 3.05) is 25.0 Å². The molecule has 0 radical (unpaired) electrons. The predicted octanol–water partition coefficient (Wildman–Crippen LogP) is 3.30. The highest BCUT2D eigenvalue weighted by atomic mass is 32.1. The van der Waals surface area contributed by atoms with Gasteiger partial charge in [0.2, 0.25) is 0 Å². The summed E-state index contributed by atoms with van der Waals surface area (Å²) in [7, 11) is 0. The van der Waals surface area contributed by atoms with Gasteiger partial charge in [0.1, 0.15) is 6.54 Å². The van der Waals surface area contributed by atoms with Gasteiger partial charge in [0.05, 0.1) is 13.1 Å². The van der Waals surface area contributed by atoms with Crippen LogP contribution in [0.5, 0.6) is 0 Å². The lowest BCUT2D eigenvalue weighted by molar-refractivity contribution is -0.869. The molecule has 6 rings (SSSR count). The molecule has 170 valence electrons. The molecule has 2 amide bonds. The van der Waals surface area contributed by atoms with Gasteiger partial charge < -0.3 is 9.84 Å². The minimum atomic E-state index is -1.61. The van der Waals surface area contributed by atoms with Crippen LogP contribution in [0.2, 0.25) is 0 Å². The molecule has 9 heteroatoms. The molecule has 4 fully saturated rings. The van der Waals surface area contributed by atoms with Crippen LogP contribution in [0, 0.1) is 11.8 Å². The number of rotatable bonds is 5. The Labute approximate surface area is 191 Å². The summed E-state index contributed by atoms with van der Waals surface area (Å²) in [6.45, 7) is 1.85. The van der Waals surface area contributed by atoms with E-state index < -0.39 is 11.6 Å². The second kappa shape index (κ2) is 8.53. The van der Waals surface area contributed by atoms with Crippen molar-refractivity contribution < 1.29 is 23.9 Å². The fourth-order valence-corrected chi connectivity index (χ4v) is 6.57. The van der Waals surface area contributed by atoms with E-state index in [-0.39, 0.29) is 28.5 Å². The van der Waals surface area contributed by atoms with Crippen molar-refractivity contribution in [2.24, 2.45) is 11.8 Å². The highest BCUT2D eigenvalue weighted by molar-refractivity contribution is 7.10. The number of ether oxygens (including phenoxy) is 1. The summed E-state index contributed by atoms with van der Waals surface area (Å²) in [5.74, 6) is -0.0464. The molecule has 0 spiro atoms. The Balaban J connectivity index is 1.34. The SMILES string of the molecule is O=C(OC1C[N+]2(C(=O)Nc3cccnn3)CCC1CC2)C(O)(c1cccs1)C1CCCC1. The molecule has 2 atom stereocenters. The molecule has 32 heavy (non-hydrogen) atoms. The number of carbonyl (C=O) groups excluding carboxylic acids is 2. The average molecular weight is 458 g/mol. The van der Waals surface area contributed by atoms with Crippen molar-refractivity contribution in [1.82, 2.24) is 10.2 Å². The number of urea groups is 1. The number of fused-ring (bicyclic) bond motifs is 3. The maximum Gasteiger partial charge on any atom is 0.422 e. The van der Waals surface area contributed by atoms with E-state index in [4.69, 9.17) is 4.74 Å². The molecule has 2 aromatic heterocycles. The van der Waals surface area contributed by atoms with Gasteiger partial charge in [-0.1, -0.05) is 18.9 Å². The molecule has 3 saturated heterocycles. The number of amides is 2. The summed E-state index contributed by atoms with van der Waals surface area (Å²) in [4.78, 5) is 27.3. The monoisotopic (exact) mass is 457 g/mol. The van der Waals surface area contributed by atoms with Crippen LogP contribution in [0.25, 0.3) is 0 Å². The van der Waals surface area contributed by atoms with Gasteiger partial charge in [-0.2, -0.15) is 5.10 Å². The molecule has 2 aromatic rings. The fraction of sp³-hybridized carbons (Fsp3) is 0.565. The van der Waals surface area contributed by atoms with Crippen molar-refractivity contribution >= 4 is 29.2 Å². The average Bonchev–Trinajstić information content (AvgIpc) is 3.55. The Morgan fingerprint density at radius 2 is 1.94 bits per heavy atom. The third-order valence-electron chi connectivity index (χ3n) is 7.56. The first kappa shape index (κ1) is 21.5. The van der Waals surface area contributed by atoms with Gasteiger partial charge >= 0.3 is 12.0 Å². The lowest BCUT2D eigenvalue weighted by Gasteiger charge is -2.49. The minimum absolute atomic E-state index is 0.127. The van der Waals surface area contributed by atoms with Gasteiger partial charge in [0.25, 0.3) is 0 Å². The molecule has 1 aliphatic carbocycles. The largest absolute Gasteiger partial charge is 0.454 e. The third kappa shape index (κ3) is 3.72. The molecular weight excluding hydrogens is 428 g/mol. The van der Waals surface area contributed by atoms with E-state index in [0.717, 1.165) is 38.5 Å². The Morgan fingerprint density at radius 1 is 1.16 bits per heavy atom. The summed E-state index contributed by atoms with van der Waals surface area (Å²) in [6, 6.07) is 6.97. The summed E-state index contributed by atoms with van der Waals surface area (Å²) in [5.41, 5.74) is -1.61. The van der Waals surface area contributed by atoms with Crippen LogP contribution in [0.1, 0.15) is 43.4 Å². The number of nitrogens with one attached hydrogen (secondary N) is 1. The molecular formula is C23H29N4O4S+. The lowest BCUT2D eigenvalue weighted by atomic mass is 9.82. The number of thiophene rings is 1. The van der Waals surface area contributed by atoms with Crippen molar-refractivity contribution in [3.63, 3.8) is 0 Å². The van der Waals surface area contributed by atoms with Crippen LogP contribution in [0.15, 0.2) is 35.8 Å². The number of hydrogen-bond acceptors (Lipinski definition) is 7. The van der Waals surface area contributed by atoms with Crippen molar-refractivity contribution in [2.45, 2.75) is 50.2 Å². The van der Waals surface area contributed by atoms with Crippen LogP contribution < -0.4 is 5.32 Å². The van der Waals surface area contributed by atoms with Crippen LogP contribution in [0.4, 0.5) is 10.6 Å². The topological polar surface area (TPSA) is 101 Å². The molecule has 3 aliphatic heterocycles. The zero-order valence-electron chi connectivity index (χ0n) is 18.0. The van der Waals surface area contributed by atoms with E-state index in [9.17, 15) is 14.7 Å². The second-order valence-electron chi connectivity index (χ2n) is 9.32. The first-order valence-electron chi connectivity index (χ1n) is 11.4. The van der Waals surface area contributed by atoms with E-state index >= 15 is 0 Å². The highest BCUT2D eigenvalue weighted by Crippen LogP contribution is 2.44. The number of esters is 1. The number of piperidine rings is 3. The zero-order chi connectivity index (χ0) is 22.2. The summed E-state index contributed by atoms with van der Waals surface area (Å²) >= 11 is 1.40. The first-order chi connectivity index (χ1) is 15.5. The number of quaternary nitrogens is 1. The van der Waals surface area contributed by atoms with E-state index in [1.807, 2.05) is 17.5 Å². The van der Waals surface area contributed by atoms with Crippen molar-refractivity contribution in [1.29, 1.82) is 0 Å². The van der Waals surface area contributed by atoms with Crippen LogP contribution in [-0.2, 0) is 15.1 Å². The van der Waals surface area contributed by atoms with E-state index in [0.29, 0.717) is 30.3 Å². The summed E-state index contributed by atoms with van der Waals surface area (Å²) in [6.07, 6.45) is 6.46. The van der Waals surface area contributed by atoms with E-state index in [2.05, 4.69) is 15.5 Å². The zero-order valence-corrected chi connectivity index (χ0v) is 18.8. The Kier molecular flexibility index (Phi) is 5.73. The van der Waals surface area contributed by atoms with Gasteiger partial charge in [-0.25, -0.2) is 14.1 Å². The number of aliphatic hydroxyl groups is 1. The van der Waals surface area contributed by atoms with Crippen molar-refractivity contribution in [3.8, 4) is 0 Å². The van der Waals surface area contributed by atoms with Crippen LogP contribution in [-0.4, -0.2) is 57.5 Å². The number of carbonyl (C=O) groups is 2. The fourth-order valence-electron chi connectivity index (χ4n) is 5.68. The van der Waals surface area contributed by atoms with Crippen molar-refractivity contribution in [3.05, 3.63) is 40.7 Å². The highest BCUT2D eigenvalue weighted by Gasteiger charge is 2.55. The van der Waals surface area contributed by atoms with Crippen LogP contribution >= 0.6 is 11.3 Å². The maximum absolute atomic E-state index is 13.5. The molecule has 2 unspecified atom stereocenters. The molecule has 0 aromatic carbocycles. The Hall–Kier alpha value is -2.36. The molecule has 5 heterocycles. The first-order valence-corrected chi connectivity index (χ1v) is 12.3. The number of hydrogen-bond donors (Lipinski definition) is 2. The minimum Gasteiger partial charge on any atom is -0.454 e. The smallest absolute Gasteiger partial charge is 0.422 e. The Bertz CT molecular complexity index is 956. The summed E-state index contributed by atoms with van der Waals surface area (Å²) < 4.78 is 6.26. The van der Waals surface area contributed by atoms with E-state index in [1.54, 1.807) is 18.3 Å². The molecule has 1 saturated carbocycles.